The fraction of sp³-hybridized carbons (Fsp3) is 0. The summed E-state index contributed by atoms with van der Waals surface area (Å²) in [6.07, 6.45) is 4.49. The zero-order valence-corrected chi connectivity index (χ0v) is 19.2. The Morgan fingerprint density at radius 3 is 1.97 bits per heavy atom. The summed E-state index contributed by atoms with van der Waals surface area (Å²) in [6.45, 7) is 0. The van der Waals surface area contributed by atoms with Gasteiger partial charge in [-0.1, -0.05) is 59.1 Å². The molecular formula is C25H15Cl3N2O3. The Kier molecular flexibility index (Phi) is 6.94. The van der Waals surface area contributed by atoms with Gasteiger partial charge in [-0.3, -0.25) is 9.36 Å². The highest BCUT2D eigenvalue weighted by Crippen LogP contribution is 2.25. The van der Waals surface area contributed by atoms with E-state index in [4.69, 9.17) is 39.5 Å². The van der Waals surface area contributed by atoms with E-state index < -0.39 is 5.97 Å². The van der Waals surface area contributed by atoms with Crippen LogP contribution in [-0.4, -0.2) is 21.4 Å². The molecule has 0 radical (unpaired) electrons. The second-order valence-corrected chi connectivity index (χ2v) is 8.20. The molecule has 0 amide bonds. The summed E-state index contributed by atoms with van der Waals surface area (Å²) >= 11 is 18.2. The van der Waals surface area contributed by atoms with Gasteiger partial charge in [0.15, 0.2) is 0 Å². The quantitative estimate of drug-likeness (QED) is 0.222. The van der Waals surface area contributed by atoms with Crippen LogP contribution in [0.3, 0.4) is 0 Å². The van der Waals surface area contributed by atoms with Crippen LogP contribution in [0.4, 0.5) is 0 Å². The highest BCUT2D eigenvalue weighted by atomic mass is 35.5. The molecule has 0 bridgehead atoms. The van der Waals surface area contributed by atoms with Crippen LogP contribution in [0.5, 0.6) is 0 Å². The van der Waals surface area contributed by atoms with Crippen LogP contribution < -0.4 is 0 Å². The minimum atomic E-state index is -0.622. The Morgan fingerprint density at radius 1 is 0.788 bits per heavy atom. The van der Waals surface area contributed by atoms with Crippen molar-refractivity contribution in [2.24, 2.45) is 0 Å². The van der Waals surface area contributed by atoms with Crippen molar-refractivity contribution in [2.45, 2.75) is 0 Å². The minimum absolute atomic E-state index is 0.161. The van der Waals surface area contributed by atoms with Crippen molar-refractivity contribution in [2.75, 3.05) is 0 Å². The molecule has 0 saturated carbocycles. The second-order valence-electron chi connectivity index (χ2n) is 6.89. The molecule has 33 heavy (non-hydrogen) atoms. The largest absolute Gasteiger partial charge is 0.422 e. The first-order chi connectivity index (χ1) is 15.9. The number of esters is 1. The van der Waals surface area contributed by atoms with Gasteiger partial charge in [-0.05, 0) is 48.5 Å². The summed E-state index contributed by atoms with van der Waals surface area (Å²) in [5.41, 5.74) is 1.19. The molecule has 4 aromatic rings. The average Bonchev–Trinajstić information content (AvgIpc) is 3.26. The summed E-state index contributed by atoms with van der Waals surface area (Å²) in [7, 11) is 0. The molecular weight excluding hydrogens is 483 g/mol. The van der Waals surface area contributed by atoms with Crippen LogP contribution >= 0.6 is 34.8 Å². The van der Waals surface area contributed by atoms with E-state index in [1.165, 1.54) is 29.1 Å². The zero-order valence-electron chi connectivity index (χ0n) is 16.9. The van der Waals surface area contributed by atoms with Gasteiger partial charge in [0.05, 0.1) is 5.56 Å². The number of ether oxygens (including phenoxy) is 1. The summed E-state index contributed by atoms with van der Waals surface area (Å²) < 4.78 is 7.02. The molecule has 4 rings (SSSR count). The monoisotopic (exact) mass is 496 g/mol. The molecule has 0 aliphatic heterocycles. The van der Waals surface area contributed by atoms with Crippen molar-refractivity contribution in [1.82, 2.24) is 9.55 Å². The first-order valence-electron chi connectivity index (χ1n) is 9.70. The first-order valence-corrected chi connectivity index (χ1v) is 10.8. The van der Waals surface area contributed by atoms with Gasteiger partial charge in [0.25, 0.3) is 5.91 Å². The van der Waals surface area contributed by atoms with Gasteiger partial charge in [0.2, 0.25) is 0 Å². The molecule has 0 fully saturated rings. The summed E-state index contributed by atoms with van der Waals surface area (Å²) in [6, 6.07) is 19.8. The number of imidazole rings is 1. The zero-order chi connectivity index (χ0) is 23.4. The van der Waals surface area contributed by atoms with Crippen molar-refractivity contribution in [3.63, 3.8) is 0 Å². The van der Waals surface area contributed by atoms with E-state index in [2.05, 4.69) is 4.98 Å². The first kappa shape index (κ1) is 22.8. The lowest BCUT2D eigenvalue weighted by Crippen LogP contribution is -2.13. The second kappa shape index (κ2) is 10.0. The number of carbonyl (C=O) groups is 2. The molecule has 164 valence electrons. The van der Waals surface area contributed by atoms with Gasteiger partial charge in [0.1, 0.15) is 11.6 Å². The van der Waals surface area contributed by atoms with E-state index in [0.717, 1.165) is 0 Å². The molecule has 0 aliphatic rings. The number of nitrogens with zero attached hydrogens (tertiary/aromatic N) is 2. The third-order valence-corrected chi connectivity index (χ3v) is 5.30. The highest BCUT2D eigenvalue weighted by molar-refractivity contribution is 6.31. The number of aromatic nitrogens is 2. The van der Waals surface area contributed by atoms with Crippen molar-refractivity contribution < 1.29 is 14.3 Å². The Balaban J connectivity index is 1.74. The molecule has 0 saturated heterocycles. The molecule has 3 aromatic carbocycles. The van der Waals surface area contributed by atoms with Gasteiger partial charge in [-0.2, -0.15) is 0 Å². The Bertz CT molecular complexity index is 1380. The van der Waals surface area contributed by atoms with Gasteiger partial charge in [0, 0.05) is 44.7 Å². The molecule has 0 N–H and O–H groups in total. The predicted molar refractivity (Wildman–Crippen MR) is 130 cm³/mol. The lowest BCUT2D eigenvalue weighted by molar-refractivity contribution is 0.0693. The summed E-state index contributed by atoms with van der Waals surface area (Å²) in [5, 5.41) is 1.30. The number of rotatable bonds is 5. The standard InChI is InChI=1S/C25H15Cl3N2O3/c26-19-7-1-4-16(12-19)22(33-25(32)18-6-3-9-21(28)14-18)15-23-29-10-11-30(23)24(31)17-5-2-8-20(27)13-17/h1-15H/b22-15+. The smallest absolute Gasteiger partial charge is 0.343 e. The Hall–Kier alpha value is -3.38. The van der Waals surface area contributed by atoms with Crippen molar-refractivity contribution in [3.05, 3.63) is 123 Å². The molecule has 0 spiro atoms. The SMILES string of the molecule is O=C(O/C(=C/c1nccn1C(=O)c1cccc(Cl)c1)c1cccc(Cl)c1)c1cccc(Cl)c1. The normalized spacial score (nSPS) is 11.3. The van der Waals surface area contributed by atoms with E-state index in [1.54, 1.807) is 66.7 Å². The van der Waals surface area contributed by atoms with Crippen LogP contribution in [-0.2, 0) is 4.74 Å². The van der Waals surface area contributed by atoms with Crippen LogP contribution in [0.15, 0.2) is 85.2 Å². The topological polar surface area (TPSA) is 61.2 Å². The highest BCUT2D eigenvalue weighted by Gasteiger charge is 2.17. The molecule has 0 unspecified atom stereocenters. The molecule has 5 nitrogen and oxygen atoms in total. The van der Waals surface area contributed by atoms with Gasteiger partial charge >= 0.3 is 5.97 Å². The number of benzene rings is 3. The van der Waals surface area contributed by atoms with Crippen molar-refractivity contribution >= 4 is 58.5 Å². The molecule has 0 aliphatic carbocycles. The lowest BCUT2D eigenvalue weighted by Gasteiger charge is -2.11. The van der Waals surface area contributed by atoms with E-state index in [9.17, 15) is 9.59 Å². The van der Waals surface area contributed by atoms with E-state index in [1.807, 2.05) is 0 Å². The number of halogens is 3. The summed E-state index contributed by atoms with van der Waals surface area (Å²) in [4.78, 5) is 30.1. The fourth-order valence-electron chi connectivity index (χ4n) is 3.06. The van der Waals surface area contributed by atoms with Crippen molar-refractivity contribution in [3.8, 4) is 0 Å². The average molecular weight is 498 g/mol. The number of carbonyl (C=O) groups excluding carboxylic acids is 2. The van der Waals surface area contributed by atoms with Gasteiger partial charge < -0.3 is 4.74 Å². The van der Waals surface area contributed by atoms with Gasteiger partial charge in [-0.25, -0.2) is 9.78 Å². The van der Waals surface area contributed by atoms with Crippen molar-refractivity contribution in [1.29, 1.82) is 0 Å². The number of hydrogen-bond donors (Lipinski definition) is 0. The number of hydrogen-bond acceptors (Lipinski definition) is 4. The third-order valence-electron chi connectivity index (χ3n) is 4.59. The maximum Gasteiger partial charge on any atom is 0.343 e. The Labute approximate surface area is 204 Å². The minimum Gasteiger partial charge on any atom is -0.422 e. The molecule has 1 heterocycles. The van der Waals surface area contributed by atoms with Gasteiger partial charge in [-0.15, -0.1) is 0 Å². The van der Waals surface area contributed by atoms with Crippen LogP contribution in [0.1, 0.15) is 32.1 Å². The van der Waals surface area contributed by atoms with Crippen LogP contribution in [0.2, 0.25) is 15.1 Å². The van der Waals surface area contributed by atoms with Crippen LogP contribution in [0, 0.1) is 0 Å². The molecule has 1 aromatic heterocycles. The molecule has 0 atom stereocenters. The molecule has 8 heteroatoms. The predicted octanol–water partition coefficient (Wildman–Crippen LogP) is 6.89. The van der Waals surface area contributed by atoms with E-state index in [0.29, 0.717) is 26.2 Å². The fourth-order valence-corrected chi connectivity index (χ4v) is 3.63. The lowest BCUT2D eigenvalue weighted by atomic mass is 10.1. The van der Waals surface area contributed by atoms with E-state index >= 15 is 0 Å². The van der Waals surface area contributed by atoms with E-state index in [-0.39, 0.29) is 23.1 Å². The third kappa shape index (κ3) is 5.52. The van der Waals surface area contributed by atoms with Crippen LogP contribution in [0.25, 0.3) is 11.8 Å². The maximum absolute atomic E-state index is 13.0. The summed E-state index contributed by atoms with van der Waals surface area (Å²) in [5.74, 6) is -0.543. The Morgan fingerprint density at radius 2 is 1.33 bits per heavy atom. The maximum atomic E-state index is 13.0.